The topological polar surface area (TPSA) is 29.1 Å². The van der Waals surface area contributed by atoms with Crippen LogP contribution in [0.15, 0.2) is 24.1 Å². The van der Waals surface area contributed by atoms with Crippen molar-refractivity contribution in [1.29, 1.82) is 0 Å². The van der Waals surface area contributed by atoms with E-state index in [9.17, 15) is 9.18 Å². The lowest BCUT2D eigenvalue weighted by atomic mass is 10.0. The minimum atomic E-state index is -0.258. The second-order valence-electron chi connectivity index (χ2n) is 3.38. The molecule has 2 atom stereocenters. The first-order valence-electron chi connectivity index (χ1n) is 4.74. The van der Waals surface area contributed by atoms with Gasteiger partial charge in [-0.15, -0.1) is 0 Å². The van der Waals surface area contributed by atoms with E-state index in [1.165, 1.54) is 19.1 Å². The van der Waals surface area contributed by atoms with Gasteiger partial charge in [0.15, 0.2) is 0 Å². The number of carbonyl (C=O) groups excluding carboxylic acids is 1. The Balaban J connectivity index is 4.13. The molecule has 0 bridgehead atoms. The quantitative estimate of drug-likeness (QED) is 0.693. The molecule has 2 unspecified atom stereocenters. The molecule has 1 N–H and O–H groups in total. The summed E-state index contributed by atoms with van der Waals surface area (Å²) in [5, 5.41) is 2.75. The van der Waals surface area contributed by atoms with Crippen LogP contribution in [0, 0.1) is 5.92 Å². The summed E-state index contributed by atoms with van der Waals surface area (Å²) < 4.78 is 12.7. The molecule has 0 saturated heterocycles. The minimum absolute atomic E-state index is 0.0217. The van der Waals surface area contributed by atoms with Crippen LogP contribution in [0.2, 0.25) is 0 Å². The molecule has 0 fully saturated rings. The molecule has 0 rings (SSSR count). The molecule has 0 spiro atoms. The van der Waals surface area contributed by atoms with E-state index in [1.54, 1.807) is 13.0 Å². The number of allylic oxidation sites excluding steroid dienone is 3. The molecule has 2 nitrogen and oxygen atoms in total. The fourth-order valence-electron chi connectivity index (χ4n) is 0.959. The molecule has 0 aromatic carbocycles. The molecule has 0 heterocycles. The van der Waals surface area contributed by atoms with Gasteiger partial charge in [-0.2, -0.15) is 0 Å². The van der Waals surface area contributed by atoms with Gasteiger partial charge in [0.05, 0.1) is 0 Å². The van der Waals surface area contributed by atoms with Crippen LogP contribution in [0.1, 0.15) is 27.7 Å². The Morgan fingerprint density at radius 2 is 2.00 bits per heavy atom. The molecular formula is C11H18FNO. The molecule has 0 aliphatic rings. The van der Waals surface area contributed by atoms with Crippen molar-refractivity contribution in [2.24, 2.45) is 5.92 Å². The molecule has 14 heavy (non-hydrogen) atoms. The molecule has 0 aliphatic carbocycles. The number of hydrogen-bond donors (Lipinski definition) is 1. The molecule has 1 amide bonds. The van der Waals surface area contributed by atoms with Crippen LogP contribution < -0.4 is 5.32 Å². The van der Waals surface area contributed by atoms with Crippen molar-refractivity contribution in [3.05, 3.63) is 24.1 Å². The zero-order valence-electron chi connectivity index (χ0n) is 9.17. The van der Waals surface area contributed by atoms with Crippen LogP contribution in [0.25, 0.3) is 0 Å². The van der Waals surface area contributed by atoms with Gasteiger partial charge in [-0.25, -0.2) is 4.39 Å². The lowest BCUT2D eigenvalue weighted by molar-refractivity contribution is -0.119. The van der Waals surface area contributed by atoms with Gasteiger partial charge in [0.1, 0.15) is 5.83 Å². The number of rotatable bonds is 4. The van der Waals surface area contributed by atoms with E-state index < -0.39 is 0 Å². The van der Waals surface area contributed by atoms with E-state index in [1.807, 2.05) is 13.8 Å². The lowest BCUT2D eigenvalue weighted by Gasteiger charge is -2.16. The third kappa shape index (κ3) is 5.51. The SMILES string of the molecule is C/C=C(F)\C=C/C(C)C(C)NC(C)=O. The molecular weight excluding hydrogens is 181 g/mol. The summed E-state index contributed by atoms with van der Waals surface area (Å²) >= 11 is 0. The van der Waals surface area contributed by atoms with Crippen molar-refractivity contribution in [2.45, 2.75) is 33.7 Å². The number of carbonyl (C=O) groups is 1. The van der Waals surface area contributed by atoms with Crippen molar-refractivity contribution >= 4 is 5.91 Å². The van der Waals surface area contributed by atoms with Crippen molar-refractivity contribution in [3.8, 4) is 0 Å². The average molecular weight is 199 g/mol. The van der Waals surface area contributed by atoms with E-state index in [4.69, 9.17) is 0 Å². The first kappa shape index (κ1) is 12.9. The highest BCUT2D eigenvalue weighted by atomic mass is 19.1. The molecule has 0 aliphatic heterocycles. The number of nitrogens with one attached hydrogen (secondary N) is 1. The number of halogens is 1. The van der Waals surface area contributed by atoms with Crippen molar-refractivity contribution < 1.29 is 9.18 Å². The Morgan fingerprint density at radius 1 is 1.43 bits per heavy atom. The Labute approximate surface area is 84.9 Å². The molecule has 0 saturated carbocycles. The maximum absolute atomic E-state index is 12.7. The van der Waals surface area contributed by atoms with Gasteiger partial charge in [0.2, 0.25) is 5.91 Å². The van der Waals surface area contributed by atoms with Crippen LogP contribution in [0.5, 0.6) is 0 Å². The van der Waals surface area contributed by atoms with E-state index in [0.29, 0.717) is 0 Å². The van der Waals surface area contributed by atoms with Crippen molar-refractivity contribution in [3.63, 3.8) is 0 Å². The second-order valence-corrected chi connectivity index (χ2v) is 3.38. The Hall–Kier alpha value is -1.12. The predicted molar refractivity (Wildman–Crippen MR) is 56.4 cm³/mol. The molecule has 0 aromatic rings. The molecule has 3 heteroatoms. The summed E-state index contributed by atoms with van der Waals surface area (Å²) in [4.78, 5) is 10.7. The average Bonchev–Trinajstić information content (AvgIpc) is 2.12. The highest BCUT2D eigenvalue weighted by Crippen LogP contribution is 2.07. The summed E-state index contributed by atoms with van der Waals surface area (Å²) in [5.41, 5.74) is 0. The van der Waals surface area contributed by atoms with Gasteiger partial charge in [-0.1, -0.05) is 19.1 Å². The highest BCUT2D eigenvalue weighted by molar-refractivity contribution is 5.73. The first-order valence-corrected chi connectivity index (χ1v) is 4.74. The van der Waals surface area contributed by atoms with E-state index >= 15 is 0 Å². The molecule has 0 radical (unpaired) electrons. The number of amides is 1. The summed E-state index contributed by atoms with van der Waals surface area (Å²) in [5.74, 6) is -0.208. The monoisotopic (exact) mass is 199 g/mol. The van der Waals surface area contributed by atoms with Crippen LogP contribution in [-0.4, -0.2) is 11.9 Å². The summed E-state index contributed by atoms with van der Waals surface area (Å²) in [6.45, 7) is 6.94. The van der Waals surface area contributed by atoms with Gasteiger partial charge in [-0.3, -0.25) is 4.79 Å². The summed E-state index contributed by atoms with van der Waals surface area (Å²) in [7, 11) is 0. The van der Waals surface area contributed by atoms with E-state index in [-0.39, 0.29) is 23.7 Å². The Kier molecular flexibility index (Phi) is 5.84. The van der Waals surface area contributed by atoms with Gasteiger partial charge < -0.3 is 5.32 Å². The normalized spacial score (nSPS) is 16.8. The fourth-order valence-corrected chi connectivity index (χ4v) is 0.959. The van der Waals surface area contributed by atoms with Crippen molar-refractivity contribution in [2.75, 3.05) is 0 Å². The zero-order chi connectivity index (χ0) is 11.1. The third-order valence-electron chi connectivity index (χ3n) is 2.05. The van der Waals surface area contributed by atoms with E-state index in [2.05, 4.69) is 5.32 Å². The minimum Gasteiger partial charge on any atom is -0.353 e. The van der Waals surface area contributed by atoms with Gasteiger partial charge in [0, 0.05) is 13.0 Å². The Bertz CT molecular complexity index is 246. The Morgan fingerprint density at radius 3 is 2.43 bits per heavy atom. The van der Waals surface area contributed by atoms with Crippen molar-refractivity contribution in [1.82, 2.24) is 5.32 Å². The maximum Gasteiger partial charge on any atom is 0.217 e. The largest absolute Gasteiger partial charge is 0.353 e. The maximum atomic E-state index is 12.7. The third-order valence-corrected chi connectivity index (χ3v) is 2.05. The second kappa shape index (κ2) is 6.35. The van der Waals surface area contributed by atoms with E-state index in [0.717, 1.165) is 0 Å². The first-order chi connectivity index (χ1) is 6.47. The van der Waals surface area contributed by atoms with Crippen LogP contribution in [-0.2, 0) is 4.79 Å². The molecule has 80 valence electrons. The smallest absolute Gasteiger partial charge is 0.217 e. The standard InChI is InChI=1S/C11H18FNO/c1-5-11(12)7-6-8(2)9(3)13-10(4)14/h5-9H,1-4H3,(H,13,14)/b7-6-,11-5+. The number of hydrogen-bond acceptors (Lipinski definition) is 1. The molecule has 0 aromatic heterocycles. The summed E-state index contributed by atoms with van der Waals surface area (Å²) in [6, 6.07) is 0.0217. The highest BCUT2D eigenvalue weighted by Gasteiger charge is 2.09. The van der Waals surface area contributed by atoms with Crippen LogP contribution in [0.4, 0.5) is 4.39 Å². The fraction of sp³-hybridized carbons (Fsp3) is 0.545. The zero-order valence-corrected chi connectivity index (χ0v) is 9.17. The van der Waals surface area contributed by atoms with Gasteiger partial charge >= 0.3 is 0 Å². The van der Waals surface area contributed by atoms with Gasteiger partial charge in [0.25, 0.3) is 0 Å². The summed E-state index contributed by atoms with van der Waals surface area (Å²) in [6.07, 6.45) is 4.56. The lowest BCUT2D eigenvalue weighted by Crippen LogP contribution is -2.34. The van der Waals surface area contributed by atoms with Crippen LogP contribution in [0.3, 0.4) is 0 Å². The predicted octanol–water partition coefficient (Wildman–Crippen LogP) is 2.58. The van der Waals surface area contributed by atoms with Gasteiger partial charge in [-0.05, 0) is 25.8 Å². The van der Waals surface area contributed by atoms with Crippen LogP contribution >= 0.6 is 0 Å².